The maximum atomic E-state index is 9.41. The highest BCUT2D eigenvalue weighted by Gasteiger charge is 2.43. The van der Waals surface area contributed by atoms with Gasteiger partial charge in [-0.1, -0.05) is 115 Å². The van der Waals surface area contributed by atoms with E-state index in [9.17, 15) is 5.26 Å². The number of hydrogen-bond donors (Lipinski definition) is 0. The van der Waals surface area contributed by atoms with Crippen LogP contribution in [0.5, 0.6) is 0 Å². The highest BCUT2D eigenvalue weighted by atomic mass is 15.2. The molecule has 1 aliphatic heterocycles. The molecule has 2 unspecified atom stereocenters. The summed E-state index contributed by atoms with van der Waals surface area (Å²) in [5, 5.41) is 10.7. The summed E-state index contributed by atoms with van der Waals surface area (Å²) in [4.78, 5) is 12.7. The van der Waals surface area contributed by atoms with Crippen LogP contribution in [0.3, 0.4) is 0 Å². The summed E-state index contributed by atoms with van der Waals surface area (Å²) in [5.74, 6) is 0.847. The van der Waals surface area contributed by atoms with Crippen LogP contribution in [0.15, 0.2) is 170 Å². The van der Waals surface area contributed by atoms with E-state index in [-0.39, 0.29) is 12.0 Å². The summed E-state index contributed by atoms with van der Waals surface area (Å²) in [6, 6.07) is 59.1. The average molecular weight is 666 g/mol. The lowest BCUT2D eigenvalue weighted by molar-refractivity contribution is 0.669. The van der Waals surface area contributed by atoms with Crippen molar-refractivity contribution in [2.75, 3.05) is 4.90 Å². The largest absolute Gasteiger partial charge is 0.333 e. The Morgan fingerprint density at radius 3 is 2.06 bits per heavy atom. The van der Waals surface area contributed by atoms with E-state index in [0.717, 1.165) is 39.5 Å². The first kappa shape index (κ1) is 29.8. The normalized spacial score (nSPS) is 15.6. The first-order valence-electron chi connectivity index (χ1n) is 17.6. The molecule has 0 bridgehead atoms. The van der Waals surface area contributed by atoms with Crippen molar-refractivity contribution in [1.82, 2.24) is 14.5 Å². The highest BCUT2D eigenvalue weighted by Crippen LogP contribution is 2.57. The Hall–Kier alpha value is -7.03. The molecule has 5 nitrogen and oxygen atoms in total. The lowest BCUT2D eigenvalue weighted by Gasteiger charge is -2.33. The van der Waals surface area contributed by atoms with Crippen LogP contribution in [0.1, 0.15) is 34.3 Å². The molecule has 0 saturated carbocycles. The van der Waals surface area contributed by atoms with E-state index in [2.05, 4.69) is 137 Å². The standard InChI is InChI=1S/C47H31N5/c48-30-31-22-24-32(25-23-31)40-29-41(50-47(49-40)33-12-3-1-4-13-33)34-14-11-17-36(28-34)52-42-20-9-7-18-37(42)38-26-27-44-45(46(38)52)39-19-8-10-21-43(39)51(44)35-15-5-2-6-16-35/h1-29,38,46H. The Bertz CT molecular complexity index is 2700. The van der Waals surface area contributed by atoms with Gasteiger partial charge in [-0.3, -0.25) is 0 Å². The number of fused-ring (bicyclic) bond motifs is 7. The van der Waals surface area contributed by atoms with Crippen LogP contribution in [0.2, 0.25) is 0 Å². The van der Waals surface area contributed by atoms with Crippen molar-refractivity contribution in [2.24, 2.45) is 0 Å². The molecule has 2 aromatic heterocycles. The molecule has 0 saturated heterocycles. The molecule has 2 atom stereocenters. The predicted octanol–water partition coefficient (Wildman–Crippen LogP) is 11.3. The Labute approximate surface area is 302 Å². The molecule has 6 aromatic carbocycles. The number of nitriles is 1. The quantitative estimate of drug-likeness (QED) is 0.184. The van der Waals surface area contributed by atoms with Crippen molar-refractivity contribution < 1.29 is 0 Å². The fraction of sp³-hybridized carbons (Fsp3) is 0.0426. The highest BCUT2D eigenvalue weighted by molar-refractivity contribution is 5.94. The van der Waals surface area contributed by atoms with Crippen LogP contribution < -0.4 is 4.90 Å². The van der Waals surface area contributed by atoms with E-state index in [0.29, 0.717) is 11.4 Å². The van der Waals surface area contributed by atoms with Gasteiger partial charge in [0.05, 0.1) is 40.3 Å². The van der Waals surface area contributed by atoms with Gasteiger partial charge in [-0.25, -0.2) is 9.97 Å². The predicted molar refractivity (Wildman–Crippen MR) is 209 cm³/mol. The number of nitrogens with zero attached hydrogens (tertiary/aromatic N) is 5. The molecule has 0 radical (unpaired) electrons. The first-order chi connectivity index (χ1) is 25.7. The number of para-hydroxylation sites is 3. The Morgan fingerprint density at radius 1 is 0.577 bits per heavy atom. The monoisotopic (exact) mass is 665 g/mol. The fourth-order valence-corrected chi connectivity index (χ4v) is 8.09. The van der Waals surface area contributed by atoms with Gasteiger partial charge in [-0.2, -0.15) is 5.26 Å². The number of benzene rings is 6. The molecule has 52 heavy (non-hydrogen) atoms. The second-order valence-electron chi connectivity index (χ2n) is 13.3. The van der Waals surface area contributed by atoms with Crippen molar-refractivity contribution >= 4 is 28.4 Å². The maximum absolute atomic E-state index is 9.41. The van der Waals surface area contributed by atoms with Gasteiger partial charge in [-0.05, 0) is 66.2 Å². The van der Waals surface area contributed by atoms with E-state index < -0.39 is 0 Å². The summed E-state index contributed by atoms with van der Waals surface area (Å²) < 4.78 is 2.41. The van der Waals surface area contributed by atoms with Crippen molar-refractivity contribution in [3.05, 3.63) is 192 Å². The van der Waals surface area contributed by atoms with E-state index >= 15 is 0 Å². The average Bonchev–Trinajstić information content (AvgIpc) is 3.74. The fourth-order valence-electron chi connectivity index (χ4n) is 8.09. The zero-order valence-electron chi connectivity index (χ0n) is 28.1. The zero-order chi connectivity index (χ0) is 34.6. The number of hydrogen-bond acceptors (Lipinski definition) is 4. The van der Waals surface area contributed by atoms with Crippen molar-refractivity contribution in [1.29, 1.82) is 5.26 Å². The van der Waals surface area contributed by atoms with Crippen LogP contribution in [0.25, 0.3) is 56.6 Å². The Morgan fingerprint density at radius 2 is 1.25 bits per heavy atom. The summed E-state index contributed by atoms with van der Waals surface area (Å²) in [6.45, 7) is 0. The van der Waals surface area contributed by atoms with Crippen LogP contribution in [0.4, 0.5) is 11.4 Å². The van der Waals surface area contributed by atoms with E-state index in [1.54, 1.807) is 0 Å². The molecule has 8 aromatic rings. The van der Waals surface area contributed by atoms with Crippen LogP contribution in [0, 0.1) is 11.3 Å². The molecular formula is C47H31N5. The second-order valence-corrected chi connectivity index (χ2v) is 13.3. The number of anilines is 2. The topological polar surface area (TPSA) is 57.7 Å². The third kappa shape index (κ3) is 4.77. The second kappa shape index (κ2) is 12.1. The molecule has 5 heteroatoms. The van der Waals surface area contributed by atoms with Gasteiger partial charge in [-0.15, -0.1) is 0 Å². The molecular weight excluding hydrogens is 635 g/mol. The molecule has 1 aliphatic carbocycles. The van der Waals surface area contributed by atoms with Gasteiger partial charge >= 0.3 is 0 Å². The van der Waals surface area contributed by atoms with Gasteiger partial charge in [0.15, 0.2) is 5.82 Å². The zero-order valence-corrected chi connectivity index (χ0v) is 28.1. The minimum absolute atomic E-state index is 0.0574. The van der Waals surface area contributed by atoms with Crippen LogP contribution >= 0.6 is 0 Å². The number of rotatable bonds is 5. The molecule has 10 rings (SSSR count). The lowest BCUT2D eigenvalue weighted by atomic mass is 9.84. The Balaban J connectivity index is 1.15. The molecule has 244 valence electrons. The minimum atomic E-state index is 0.0574. The minimum Gasteiger partial charge on any atom is -0.333 e. The van der Waals surface area contributed by atoms with Crippen molar-refractivity contribution in [3.8, 4) is 45.7 Å². The molecule has 0 N–H and O–H groups in total. The van der Waals surface area contributed by atoms with Gasteiger partial charge in [0, 0.05) is 50.6 Å². The van der Waals surface area contributed by atoms with E-state index in [1.165, 1.54) is 33.4 Å². The first-order valence-corrected chi connectivity index (χ1v) is 17.6. The summed E-state index contributed by atoms with van der Waals surface area (Å²) in [6.07, 6.45) is 4.73. The lowest BCUT2D eigenvalue weighted by Crippen LogP contribution is -2.24. The molecule has 0 fully saturated rings. The van der Waals surface area contributed by atoms with Gasteiger partial charge in [0.2, 0.25) is 0 Å². The molecule has 0 amide bonds. The SMILES string of the molecule is N#Cc1ccc(-c2cc(-c3cccc(N4c5ccccc5C5C=Cc6c(c7ccccc7n6-c6ccccc6)C54)c3)nc(-c3ccccc3)n2)cc1. The van der Waals surface area contributed by atoms with Crippen LogP contribution in [-0.4, -0.2) is 14.5 Å². The summed E-state index contributed by atoms with van der Waals surface area (Å²) >= 11 is 0. The van der Waals surface area contributed by atoms with Crippen LogP contribution in [-0.2, 0) is 0 Å². The third-order valence-electron chi connectivity index (χ3n) is 10.4. The van der Waals surface area contributed by atoms with Gasteiger partial charge in [0.25, 0.3) is 0 Å². The van der Waals surface area contributed by atoms with Crippen molar-refractivity contribution in [2.45, 2.75) is 12.0 Å². The van der Waals surface area contributed by atoms with E-state index in [1.807, 2.05) is 54.6 Å². The molecule has 0 spiro atoms. The summed E-state index contributed by atoms with van der Waals surface area (Å²) in [7, 11) is 0. The Kier molecular flexibility index (Phi) is 6.94. The molecule has 2 aliphatic rings. The summed E-state index contributed by atoms with van der Waals surface area (Å²) in [5.41, 5.74) is 13.7. The third-order valence-corrected chi connectivity index (χ3v) is 10.4. The van der Waals surface area contributed by atoms with Gasteiger partial charge < -0.3 is 9.47 Å². The smallest absolute Gasteiger partial charge is 0.160 e. The maximum Gasteiger partial charge on any atom is 0.160 e. The van der Waals surface area contributed by atoms with Crippen molar-refractivity contribution in [3.63, 3.8) is 0 Å². The molecule has 3 heterocycles. The van der Waals surface area contributed by atoms with E-state index in [4.69, 9.17) is 9.97 Å². The number of aromatic nitrogens is 3. The van der Waals surface area contributed by atoms with Gasteiger partial charge in [0.1, 0.15) is 0 Å².